The molecule has 31 heavy (non-hydrogen) atoms. The van der Waals surface area contributed by atoms with Gasteiger partial charge in [0, 0.05) is 5.92 Å². The maximum atomic E-state index is 4.20. The van der Waals surface area contributed by atoms with Crippen molar-refractivity contribution in [1.29, 1.82) is 0 Å². The van der Waals surface area contributed by atoms with Gasteiger partial charge >= 0.3 is 0 Å². The fraction of sp³-hybridized carbons (Fsp3) is 0.226. The number of hydrogen-bond acceptors (Lipinski definition) is 0. The summed E-state index contributed by atoms with van der Waals surface area (Å²) >= 11 is 0. The molecule has 2 aromatic carbocycles. The molecule has 0 N–H and O–H groups in total. The number of rotatable bonds is 11. The third kappa shape index (κ3) is 6.18. The molecule has 1 aliphatic rings. The van der Waals surface area contributed by atoms with E-state index in [1.54, 1.807) is 0 Å². The van der Waals surface area contributed by atoms with Crippen LogP contribution in [-0.2, 0) is 0 Å². The summed E-state index contributed by atoms with van der Waals surface area (Å²) < 4.78 is 0. The van der Waals surface area contributed by atoms with Gasteiger partial charge in [0.1, 0.15) is 0 Å². The van der Waals surface area contributed by atoms with E-state index in [2.05, 4.69) is 111 Å². The molecule has 3 rings (SSSR count). The minimum absolute atomic E-state index is 0.310. The molecule has 0 aliphatic heterocycles. The van der Waals surface area contributed by atoms with Crippen molar-refractivity contribution in [2.45, 2.75) is 31.6 Å². The second kappa shape index (κ2) is 11.9. The highest BCUT2D eigenvalue weighted by Gasteiger charge is 2.23. The van der Waals surface area contributed by atoms with Gasteiger partial charge in [0.15, 0.2) is 0 Å². The summed E-state index contributed by atoms with van der Waals surface area (Å²) in [6, 6.07) is 19.6. The van der Waals surface area contributed by atoms with E-state index in [0.717, 1.165) is 25.7 Å². The molecule has 0 fully saturated rings. The average molecular weight is 407 g/mol. The van der Waals surface area contributed by atoms with Gasteiger partial charge in [-0.25, -0.2) is 0 Å². The van der Waals surface area contributed by atoms with Crippen molar-refractivity contribution < 1.29 is 0 Å². The maximum Gasteiger partial charge on any atom is 0.0152 e. The first-order valence-electron chi connectivity index (χ1n) is 11.3. The van der Waals surface area contributed by atoms with E-state index in [1.807, 2.05) is 12.2 Å². The van der Waals surface area contributed by atoms with Crippen LogP contribution in [0.5, 0.6) is 0 Å². The van der Waals surface area contributed by atoms with Crippen molar-refractivity contribution in [1.82, 2.24) is 0 Å². The summed E-state index contributed by atoms with van der Waals surface area (Å²) in [5.41, 5.74) is 5.26. The highest BCUT2D eigenvalue weighted by molar-refractivity contribution is 5.63. The fourth-order valence-corrected chi connectivity index (χ4v) is 4.29. The van der Waals surface area contributed by atoms with Crippen molar-refractivity contribution in [2.24, 2.45) is 11.8 Å². The smallest absolute Gasteiger partial charge is 0.0152 e. The summed E-state index contributed by atoms with van der Waals surface area (Å²) in [5, 5.41) is 0. The first-order valence-corrected chi connectivity index (χ1v) is 11.3. The van der Waals surface area contributed by atoms with Crippen LogP contribution in [0.25, 0.3) is 11.1 Å². The van der Waals surface area contributed by atoms with Gasteiger partial charge in [0.2, 0.25) is 0 Å². The molecule has 0 amide bonds. The van der Waals surface area contributed by atoms with Crippen molar-refractivity contribution in [3.8, 4) is 11.1 Å². The number of allylic oxidation sites excluding steroid dienone is 9. The molecule has 0 saturated heterocycles. The summed E-state index contributed by atoms with van der Waals surface area (Å²) in [6.07, 6.45) is 21.8. The Morgan fingerprint density at radius 1 is 0.806 bits per heavy atom. The predicted molar refractivity (Wildman–Crippen MR) is 137 cm³/mol. The van der Waals surface area contributed by atoms with Crippen LogP contribution >= 0.6 is 0 Å². The van der Waals surface area contributed by atoms with Crippen LogP contribution in [0.3, 0.4) is 0 Å². The average Bonchev–Trinajstić information content (AvgIpc) is 2.84. The summed E-state index contributed by atoms with van der Waals surface area (Å²) in [6.45, 7) is 12.0. The fourth-order valence-electron chi connectivity index (χ4n) is 4.29. The Labute approximate surface area is 188 Å². The van der Waals surface area contributed by atoms with Gasteiger partial charge in [0.05, 0.1) is 0 Å². The maximum absolute atomic E-state index is 4.20. The normalized spacial score (nSPS) is 16.3. The van der Waals surface area contributed by atoms with Crippen LogP contribution in [0.15, 0.2) is 129 Å². The number of hydrogen-bond donors (Lipinski definition) is 0. The zero-order valence-electron chi connectivity index (χ0n) is 18.5. The van der Waals surface area contributed by atoms with Gasteiger partial charge in [-0.2, -0.15) is 0 Å². The molecular weight excluding hydrogens is 372 g/mol. The quantitative estimate of drug-likeness (QED) is 0.327. The molecule has 0 radical (unpaired) electrons. The summed E-state index contributed by atoms with van der Waals surface area (Å²) in [5.74, 6) is 0.993. The summed E-state index contributed by atoms with van der Waals surface area (Å²) in [7, 11) is 0. The lowest BCUT2D eigenvalue weighted by Gasteiger charge is -2.27. The molecule has 1 aliphatic carbocycles. The zero-order chi connectivity index (χ0) is 21.9. The second-order valence-electron chi connectivity index (χ2n) is 8.14. The molecule has 0 bridgehead atoms. The van der Waals surface area contributed by atoms with E-state index in [4.69, 9.17) is 0 Å². The van der Waals surface area contributed by atoms with E-state index in [1.165, 1.54) is 22.3 Å². The molecule has 0 aromatic heterocycles. The summed E-state index contributed by atoms with van der Waals surface area (Å²) in [4.78, 5) is 0. The highest BCUT2D eigenvalue weighted by Crippen LogP contribution is 2.38. The Kier molecular flexibility index (Phi) is 8.67. The molecular formula is C31H34. The van der Waals surface area contributed by atoms with Crippen molar-refractivity contribution in [3.63, 3.8) is 0 Å². The monoisotopic (exact) mass is 406 g/mol. The molecule has 158 valence electrons. The van der Waals surface area contributed by atoms with Gasteiger partial charge < -0.3 is 0 Å². The van der Waals surface area contributed by atoms with Gasteiger partial charge in [-0.3, -0.25) is 0 Å². The van der Waals surface area contributed by atoms with Crippen LogP contribution in [0.1, 0.15) is 37.2 Å². The van der Waals surface area contributed by atoms with Gasteiger partial charge in [0.25, 0.3) is 0 Å². The first-order chi connectivity index (χ1) is 15.3. The lowest BCUT2D eigenvalue weighted by molar-refractivity contribution is 0.572. The highest BCUT2D eigenvalue weighted by atomic mass is 14.3. The minimum Gasteiger partial charge on any atom is -0.103 e. The van der Waals surface area contributed by atoms with Crippen LogP contribution in [0, 0.1) is 11.8 Å². The number of benzene rings is 2. The van der Waals surface area contributed by atoms with E-state index in [0.29, 0.717) is 17.8 Å². The molecule has 0 saturated carbocycles. The lowest BCUT2D eigenvalue weighted by atomic mass is 9.77. The Morgan fingerprint density at radius 3 is 2.16 bits per heavy atom. The van der Waals surface area contributed by atoms with E-state index in [-0.39, 0.29) is 0 Å². The first kappa shape index (κ1) is 22.6. The molecule has 0 nitrogen and oxygen atoms in total. The molecule has 2 aromatic rings. The van der Waals surface area contributed by atoms with Crippen LogP contribution in [0.4, 0.5) is 0 Å². The Morgan fingerprint density at radius 2 is 1.55 bits per heavy atom. The molecule has 3 unspecified atom stereocenters. The third-order valence-electron chi connectivity index (χ3n) is 6.02. The minimum atomic E-state index is 0.310. The van der Waals surface area contributed by atoms with Crippen molar-refractivity contribution in [2.75, 3.05) is 0 Å². The van der Waals surface area contributed by atoms with E-state index >= 15 is 0 Å². The second-order valence-corrected chi connectivity index (χ2v) is 8.14. The predicted octanol–water partition coefficient (Wildman–Crippen LogP) is 8.84. The van der Waals surface area contributed by atoms with Crippen molar-refractivity contribution in [3.05, 3.63) is 134 Å². The molecule has 3 atom stereocenters. The largest absolute Gasteiger partial charge is 0.103 e. The molecule has 0 spiro atoms. The zero-order valence-corrected chi connectivity index (χ0v) is 18.5. The lowest BCUT2D eigenvalue weighted by Crippen LogP contribution is -2.13. The molecule has 0 heteroatoms. The van der Waals surface area contributed by atoms with Gasteiger partial charge in [-0.1, -0.05) is 103 Å². The standard InChI is InChI=1S/C31H34/c1-4-14-25(5-2)15-13-20-26(6-3)31(29-18-11-8-12-19-29)30-23-21-28(22-24-30)27-16-9-7-10-17-27/h4-7,9-11,13,15-19,21-26,31H,1-3,8,12,14,20H2. The van der Waals surface area contributed by atoms with Crippen molar-refractivity contribution >= 4 is 0 Å². The van der Waals surface area contributed by atoms with Crippen LogP contribution < -0.4 is 0 Å². The SMILES string of the molecule is C=CCC(C=C)C=CCC(C=C)C(C1=CCCC=C1)c1ccc(-c2ccccc2)cc1. The Hall–Kier alpha value is -3.12. The van der Waals surface area contributed by atoms with Gasteiger partial charge in [-0.15, -0.1) is 19.7 Å². The Balaban J connectivity index is 1.87. The third-order valence-corrected chi connectivity index (χ3v) is 6.02. The van der Waals surface area contributed by atoms with Gasteiger partial charge in [-0.05, 0) is 59.8 Å². The Bertz CT molecular complexity index is 937. The van der Waals surface area contributed by atoms with Crippen LogP contribution in [0.2, 0.25) is 0 Å². The van der Waals surface area contributed by atoms with E-state index < -0.39 is 0 Å². The topological polar surface area (TPSA) is 0 Å². The molecule has 0 heterocycles. The van der Waals surface area contributed by atoms with Crippen LogP contribution in [-0.4, -0.2) is 0 Å². The van der Waals surface area contributed by atoms with E-state index in [9.17, 15) is 0 Å².